The lowest BCUT2D eigenvalue weighted by Gasteiger charge is -2.33. The number of nitrogens with one attached hydrogen (secondary N) is 1. The predicted molar refractivity (Wildman–Crippen MR) is 97.1 cm³/mol. The number of aliphatic carboxylic acids is 1. The molecule has 0 saturated carbocycles. The number of carbonyl (C=O) groups is 3. The number of carboxylic acid groups (broad SMARTS) is 1. The molecule has 1 aromatic carbocycles. The quantitative estimate of drug-likeness (QED) is 0.836. The van der Waals surface area contributed by atoms with Gasteiger partial charge in [0.15, 0.2) is 0 Å². The summed E-state index contributed by atoms with van der Waals surface area (Å²) in [6.45, 7) is 1.48. The first-order valence-corrected chi connectivity index (χ1v) is 9.47. The smallest absolute Gasteiger partial charge is 0.311 e. The van der Waals surface area contributed by atoms with E-state index in [-0.39, 0.29) is 36.6 Å². The summed E-state index contributed by atoms with van der Waals surface area (Å²) in [5, 5.41) is 12.6. The van der Waals surface area contributed by atoms with Gasteiger partial charge < -0.3 is 20.1 Å². The van der Waals surface area contributed by atoms with Crippen LogP contribution in [0.3, 0.4) is 0 Å². The Bertz CT molecular complexity index is 779. The Labute approximate surface area is 157 Å². The van der Waals surface area contributed by atoms with Crippen molar-refractivity contribution in [1.29, 1.82) is 0 Å². The monoisotopic (exact) mass is 372 g/mol. The number of ether oxygens (including phenoxy) is 1. The Balaban J connectivity index is 1.38. The van der Waals surface area contributed by atoms with Crippen LogP contribution >= 0.6 is 0 Å². The Hall–Kier alpha value is -2.41. The Kier molecular flexibility index (Phi) is 4.63. The van der Waals surface area contributed by atoms with Crippen molar-refractivity contribution in [2.24, 2.45) is 17.3 Å². The Morgan fingerprint density at radius 3 is 2.93 bits per heavy atom. The minimum absolute atomic E-state index is 0.0491. The van der Waals surface area contributed by atoms with Gasteiger partial charge in [0, 0.05) is 43.6 Å². The molecule has 27 heavy (non-hydrogen) atoms. The van der Waals surface area contributed by atoms with E-state index in [1.165, 1.54) is 0 Å². The summed E-state index contributed by atoms with van der Waals surface area (Å²) in [6, 6.07) is 7.70. The van der Waals surface area contributed by atoms with Crippen LogP contribution in [-0.2, 0) is 25.5 Å². The molecule has 0 radical (unpaired) electrons. The molecule has 2 amide bonds. The second-order valence-corrected chi connectivity index (χ2v) is 7.84. The van der Waals surface area contributed by atoms with Gasteiger partial charge in [0.1, 0.15) is 0 Å². The molecule has 3 aliphatic heterocycles. The van der Waals surface area contributed by atoms with E-state index in [1.54, 1.807) is 4.90 Å². The molecular weight excluding hydrogens is 348 g/mol. The number of amides is 2. The second-order valence-electron chi connectivity index (χ2n) is 7.84. The topological polar surface area (TPSA) is 95.9 Å². The van der Waals surface area contributed by atoms with Crippen molar-refractivity contribution in [1.82, 2.24) is 4.90 Å². The van der Waals surface area contributed by atoms with Crippen molar-refractivity contribution in [3.05, 3.63) is 29.8 Å². The van der Waals surface area contributed by atoms with Gasteiger partial charge in [0.2, 0.25) is 11.8 Å². The number of nitrogens with zero attached hydrogens (tertiary/aromatic N) is 1. The number of likely N-dealkylation sites (tertiary alicyclic amines) is 1. The van der Waals surface area contributed by atoms with Gasteiger partial charge in [-0.3, -0.25) is 14.4 Å². The molecule has 2 saturated heterocycles. The van der Waals surface area contributed by atoms with E-state index in [2.05, 4.69) is 5.32 Å². The van der Waals surface area contributed by atoms with Crippen LogP contribution < -0.4 is 5.32 Å². The largest absolute Gasteiger partial charge is 0.481 e. The predicted octanol–water partition coefficient (Wildman–Crippen LogP) is 1.53. The first-order chi connectivity index (χ1) is 13.0. The fourth-order valence-corrected chi connectivity index (χ4v) is 4.59. The molecule has 4 rings (SSSR count). The van der Waals surface area contributed by atoms with Crippen LogP contribution in [0.2, 0.25) is 0 Å². The highest BCUT2D eigenvalue weighted by molar-refractivity contribution is 5.96. The maximum absolute atomic E-state index is 12.7. The zero-order valence-corrected chi connectivity index (χ0v) is 15.1. The van der Waals surface area contributed by atoms with Gasteiger partial charge in [-0.05, 0) is 30.9 Å². The maximum atomic E-state index is 12.7. The molecule has 1 aromatic rings. The van der Waals surface area contributed by atoms with E-state index in [4.69, 9.17) is 4.74 Å². The molecule has 144 valence electrons. The molecule has 7 nitrogen and oxygen atoms in total. The normalized spacial score (nSPS) is 29.6. The van der Waals surface area contributed by atoms with E-state index in [1.807, 2.05) is 24.3 Å². The van der Waals surface area contributed by atoms with Crippen LogP contribution in [0.25, 0.3) is 0 Å². The number of hydrogen-bond acceptors (Lipinski definition) is 4. The third-order valence-corrected chi connectivity index (χ3v) is 6.30. The molecule has 0 spiro atoms. The van der Waals surface area contributed by atoms with Gasteiger partial charge in [0.05, 0.1) is 12.0 Å². The van der Waals surface area contributed by atoms with Crippen LogP contribution in [0, 0.1) is 17.3 Å². The van der Waals surface area contributed by atoms with Crippen molar-refractivity contribution in [2.45, 2.75) is 25.7 Å². The van der Waals surface area contributed by atoms with Crippen molar-refractivity contribution in [3.63, 3.8) is 0 Å². The molecule has 2 N–H and O–H groups in total. The molecule has 3 aliphatic rings. The fraction of sp³-hybridized carbons (Fsp3) is 0.550. The van der Waals surface area contributed by atoms with Crippen molar-refractivity contribution < 1.29 is 24.2 Å². The number of rotatable bonds is 4. The van der Waals surface area contributed by atoms with E-state index in [0.717, 1.165) is 11.3 Å². The van der Waals surface area contributed by atoms with Gasteiger partial charge in [-0.1, -0.05) is 18.2 Å². The number of para-hydroxylation sites is 1. The van der Waals surface area contributed by atoms with Crippen LogP contribution in [0.15, 0.2) is 24.3 Å². The minimum Gasteiger partial charge on any atom is -0.481 e. The summed E-state index contributed by atoms with van der Waals surface area (Å²) in [7, 11) is 0. The first-order valence-electron chi connectivity index (χ1n) is 9.47. The number of carbonyl (C=O) groups excluding carboxylic acids is 2. The fourth-order valence-electron chi connectivity index (χ4n) is 4.59. The lowest BCUT2D eigenvalue weighted by atomic mass is 9.74. The average molecular weight is 372 g/mol. The second kappa shape index (κ2) is 6.96. The van der Waals surface area contributed by atoms with Crippen LogP contribution in [0.4, 0.5) is 5.69 Å². The third kappa shape index (κ3) is 3.20. The van der Waals surface area contributed by atoms with E-state index in [9.17, 15) is 19.5 Å². The lowest BCUT2D eigenvalue weighted by molar-refractivity contribution is -0.157. The van der Waals surface area contributed by atoms with Crippen molar-refractivity contribution in [2.75, 3.05) is 31.6 Å². The van der Waals surface area contributed by atoms with Crippen LogP contribution in [0.1, 0.15) is 24.8 Å². The van der Waals surface area contributed by atoms with Gasteiger partial charge in [0.25, 0.3) is 0 Å². The summed E-state index contributed by atoms with van der Waals surface area (Å²) in [5.74, 6) is -1.35. The maximum Gasteiger partial charge on any atom is 0.311 e. The number of carboxylic acids is 1. The summed E-state index contributed by atoms with van der Waals surface area (Å²) >= 11 is 0. The van der Waals surface area contributed by atoms with E-state index in [0.29, 0.717) is 39.0 Å². The standard InChI is InChI=1S/C20H24N2O5/c23-17(22-10-15-11-27-8-7-20(15,12-22)19(25)26)6-5-14-9-13-3-1-2-4-16(13)21-18(14)24/h1-4,14-15H,5-12H2,(H,21,24)(H,25,26)/t14?,15-,20+/m0/s1. The van der Waals surface area contributed by atoms with Crippen LogP contribution in [0.5, 0.6) is 0 Å². The van der Waals surface area contributed by atoms with Gasteiger partial charge >= 0.3 is 5.97 Å². The van der Waals surface area contributed by atoms with Crippen LogP contribution in [-0.4, -0.2) is 54.1 Å². The number of benzene rings is 1. The number of fused-ring (bicyclic) bond motifs is 2. The highest BCUT2D eigenvalue weighted by Gasteiger charge is 2.54. The average Bonchev–Trinajstić information content (AvgIpc) is 3.07. The van der Waals surface area contributed by atoms with E-state index < -0.39 is 11.4 Å². The molecule has 0 aliphatic carbocycles. The molecule has 0 bridgehead atoms. The summed E-state index contributed by atoms with van der Waals surface area (Å²) < 4.78 is 5.43. The molecule has 3 heterocycles. The van der Waals surface area contributed by atoms with E-state index >= 15 is 0 Å². The Morgan fingerprint density at radius 1 is 1.33 bits per heavy atom. The molecular formula is C20H24N2O5. The van der Waals surface area contributed by atoms with Gasteiger partial charge in [-0.25, -0.2) is 0 Å². The third-order valence-electron chi connectivity index (χ3n) is 6.30. The molecule has 0 aromatic heterocycles. The zero-order chi connectivity index (χ0) is 19.0. The highest BCUT2D eigenvalue weighted by atomic mass is 16.5. The molecule has 7 heteroatoms. The number of anilines is 1. The summed E-state index contributed by atoms with van der Waals surface area (Å²) in [6.07, 6.45) is 1.80. The zero-order valence-electron chi connectivity index (χ0n) is 15.1. The van der Waals surface area contributed by atoms with Gasteiger partial charge in [-0.15, -0.1) is 0 Å². The summed E-state index contributed by atoms with van der Waals surface area (Å²) in [5.41, 5.74) is 1.05. The highest BCUT2D eigenvalue weighted by Crippen LogP contribution is 2.42. The SMILES string of the molecule is O=C1Nc2ccccc2CC1CCC(=O)N1C[C@H]2COCC[C@@]2(C(=O)O)C1. The summed E-state index contributed by atoms with van der Waals surface area (Å²) in [4.78, 5) is 38.5. The van der Waals surface area contributed by atoms with Gasteiger partial charge in [-0.2, -0.15) is 0 Å². The van der Waals surface area contributed by atoms with Crippen molar-refractivity contribution >= 4 is 23.5 Å². The Morgan fingerprint density at radius 2 is 2.15 bits per heavy atom. The molecule has 1 unspecified atom stereocenters. The molecule has 2 fully saturated rings. The molecule has 3 atom stereocenters. The van der Waals surface area contributed by atoms with Crippen molar-refractivity contribution in [3.8, 4) is 0 Å². The lowest BCUT2D eigenvalue weighted by Crippen LogP contribution is -2.45. The first kappa shape index (κ1) is 18.0. The number of hydrogen-bond donors (Lipinski definition) is 2. The minimum atomic E-state index is -0.880.